The Labute approximate surface area is 193 Å². The number of carbonyl (C=O) groups is 1. The van der Waals surface area contributed by atoms with Gasteiger partial charge in [-0.25, -0.2) is 4.98 Å². The molecule has 2 aliphatic rings. The van der Waals surface area contributed by atoms with E-state index >= 15 is 0 Å². The number of rotatable bonds is 4. The molecule has 6 nitrogen and oxygen atoms in total. The van der Waals surface area contributed by atoms with E-state index in [0.717, 1.165) is 49.0 Å². The fourth-order valence-corrected chi connectivity index (χ4v) is 4.59. The number of ketones is 1. The molecule has 1 atom stereocenters. The van der Waals surface area contributed by atoms with Gasteiger partial charge in [0.25, 0.3) is 0 Å². The number of benzene rings is 2. The van der Waals surface area contributed by atoms with Crippen LogP contribution in [0.1, 0.15) is 29.4 Å². The minimum absolute atomic E-state index is 0.122. The fraction of sp³-hybridized carbons (Fsp3) is 0.320. The Morgan fingerprint density at radius 2 is 1.59 bits per heavy atom. The molecule has 7 heteroatoms. The molecule has 0 saturated carbocycles. The van der Waals surface area contributed by atoms with Gasteiger partial charge in [0.2, 0.25) is 5.95 Å². The monoisotopic (exact) mass is 447 g/mol. The number of carbonyl (C=O) groups excluding carboxylic acids is 1. The zero-order valence-corrected chi connectivity index (χ0v) is 18.8. The average molecular weight is 448 g/mol. The highest BCUT2D eigenvalue weighted by Crippen LogP contribution is 2.32. The Kier molecular flexibility index (Phi) is 5.70. The van der Waals surface area contributed by atoms with E-state index in [1.807, 2.05) is 42.5 Å². The van der Waals surface area contributed by atoms with Crippen LogP contribution in [0.2, 0.25) is 5.02 Å². The third kappa shape index (κ3) is 4.28. The van der Waals surface area contributed by atoms with Gasteiger partial charge in [-0.1, -0.05) is 36.7 Å². The zero-order valence-electron chi connectivity index (χ0n) is 18.1. The molecule has 1 unspecified atom stereocenters. The third-order valence-electron chi connectivity index (χ3n) is 6.12. The molecule has 1 fully saturated rings. The van der Waals surface area contributed by atoms with Crippen LogP contribution in [0.4, 0.5) is 23.1 Å². The molecule has 32 heavy (non-hydrogen) atoms. The van der Waals surface area contributed by atoms with Gasteiger partial charge in [-0.3, -0.25) is 4.79 Å². The molecular weight excluding hydrogens is 422 g/mol. The second-order valence-electron chi connectivity index (χ2n) is 8.57. The first-order valence-electron chi connectivity index (χ1n) is 11.1. The Morgan fingerprint density at radius 1 is 0.906 bits per heavy atom. The maximum atomic E-state index is 12.9. The molecule has 0 bridgehead atoms. The first kappa shape index (κ1) is 20.8. The number of fused-ring (bicyclic) bond motifs is 1. The zero-order chi connectivity index (χ0) is 22.1. The number of nitrogens with zero attached hydrogens (tertiary/aromatic N) is 4. The summed E-state index contributed by atoms with van der Waals surface area (Å²) in [6, 6.07) is 17.8. The van der Waals surface area contributed by atoms with Crippen LogP contribution in [0.25, 0.3) is 0 Å². The normalized spacial score (nSPS) is 18.4. The van der Waals surface area contributed by atoms with Crippen LogP contribution in [-0.2, 0) is 6.42 Å². The molecular formula is C25H26ClN5O. The molecule has 0 radical (unpaired) electrons. The number of hydrogen-bond donors (Lipinski definition) is 1. The van der Waals surface area contributed by atoms with Crippen molar-refractivity contribution < 1.29 is 4.79 Å². The van der Waals surface area contributed by atoms with Crippen molar-refractivity contribution in [2.45, 2.75) is 19.8 Å². The lowest BCUT2D eigenvalue weighted by molar-refractivity contribution is 0.0952. The lowest BCUT2D eigenvalue weighted by Gasteiger charge is -2.36. The lowest BCUT2D eigenvalue weighted by atomic mass is 9.87. The number of Topliss-reactive ketones (excluding diaryl/α,β-unsaturated/α-hetero) is 1. The fourth-order valence-electron chi connectivity index (χ4n) is 4.46. The molecule has 2 heterocycles. The van der Waals surface area contributed by atoms with Crippen LogP contribution in [0.5, 0.6) is 0 Å². The lowest BCUT2D eigenvalue weighted by Crippen LogP contribution is -2.47. The second-order valence-corrected chi connectivity index (χ2v) is 9.01. The molecule has 1 aromatic heterocycles. The average Bonchev–Trinajstić information content (AvgIpc) is 2.80. The highest BCUT2D eigenvalue weighted by atomic mass is 35.5. The number of hydrogen-bond acceptors (Lipinski definition) is 6. The molecule has 2 aromatic carbocycles. The first-order valence-corrected chi connectivity index (χ1v) is 11.5. The van der Waals surface area contributed by atoms with Crippen molar-refractivity contribution in [3.8, 4) is 0 Å². The summed E-state index contributed by atoms with van der Waals surface area (Å²) >= 11 is 6.03. The van der Waals surface area contributed by atoms with Gasteiger partial charge in [-0.05, 0) is 48.7 Å². The topological polar surface area (TPSA) is 61.4 Å². The predicted octanol–water partition coefficient (Wildman–Crippen LogP) is 4.97. The van der Waals surface area contributed by atoms with E-state index in [1.165, 1.54) is 5.69 Å². The Bertz CT molecular complexity index is 1110. The van der Waals surface area contributed by atoms with E-state index in [9.17, 15) is 4.79 Å². The van der Waals surface area contributed by atoms with Crippen LogP contribution in [-0.4, -0.2) is 41.9 Å². The van der Waals surface area contributed by atoms with Crippen LogP contribution >= 0.6 is 11.6 Å². The number of anilines is 4. The number of para-hydroxylation sites is 1. The highest BCUT2D eigenvalue weighted by molar-refractivity contribution is 6.30. The van der Waals surface area contributed by atoms with E-state index < -0.39 is 0 Å². The summed E-state index contributed by atoms with van der Waals surface area (Å²) in [6.07, 6.45) is 1.34. The molecule has 1 aliphatic heterocycles. The van der Waals surface area contributed by atoms with Crippen LogP contribution in [0.15, 0.2) is 54.6 Å². The van der Waals surface area contributed by atoms with E-state index in [2.05, 4.69) is 34.2 Å². The minimum atomic E-state index is 0.122. The van der Waals surface area contributed by atoms with E-state index in [1.54, 1.807) is 0 Å². The summed E-state index contributed by atoms with van der Waals surface area (Å²) in [5.41, 5.74) is 3.59. The molecule has 1 N–H and O–H groups in total. The summed E-state index contributed by atoms with van der Waals surface area (Å²) in [4.78, 5) is 27.1. The van der Waals surface area contributed by atoms with Gasteiger partial charge in [0.05, 0.1) is 11.3 Å². The quantitative estimate of drug-likeness (QED) is 0.609. The second kappa shape index (κ2) is 8.79. The van der Waals surface area contributed by atoms with Crippen molar-refractivity contribution in [1.29, 1.82) is 0 Å². The summed E-state index contributed by atoms with van der Waals surface area (Å²) < 4.78 is 0. The Morgan fingerprint density at radius 3 is 2.31 bits per heavy atom. The molecule has 5 rings (SSSR count). The minimum Gasteiger partial charge on any atom is -0.368 e. The number of aromatic nitrogens is 2. The van der Waals surface area contributed by atoms with Gasteiger partial charge in [0, 0.05) is 49.0 Å². The number of halogens is 1. The summed E-state index contributed by atoms with van der Waals surface area (Å²) in [7, 11) is 0. The largest absolute Gasteiger partial charge is 0.368 e. The summed E-state index contributed by atoms with van der Waals surface area (Å²) in [5, 5.41) is 4.12. The third-order valence-corrected chi connectivity index (χ3v) is 6.37. The van der Waals surface area contributed by atoms with Crippen molar-refractivity contribution in [3.05, 3.63) is 70.9 Å². The van der Waals surface area contributed by atoms with Crippen molar-refractivity contribution in [2.24, 2.45) is 5.92 Å². The standard InChI is InChI=1S/C25H26ClN5O/c1-17-15-21-23(22(32)16-17)24(27-19-5-3-2-4-6-19)29-25(28-21)31-13-11-30(12-14-31)20-9-7-18(26)8-10-20/h2-10,17H,11-16H2,1H3,(H,27,28,29). The van der Waals surface area contributed by atoms with Crippen molar-refractivity contribution in [1.82, 2.24) is 9.97 Å². The summed E-state index contributed by atoms with van der Waals surface area (Å²) in [6.45, 7) is 5.49. The smallest absolute Gasteiger partial charge is 0.227 e. The first-order chi connectivity index (χ1) is 15.6. The van der Waals surface area contributed by atoms with E-state index in [-0.39, 0.29) is 5.78 Å². The SMILES string of the molecule is CC1CC(=O)c2c(nc(N3CCN(c4ccc(Cl)cc4)CC3)nc2Nc2ccccc2)C1. The summed E-state index contributed by atoms with van der Waals surface area (Å²) in [5.74, 6) is 1.73. The predicted molar refractivity (Wildman–Crippen MR) is 129 cm³/mol. The molecule has 0 spiro atoms. The van der Waals surface area contributed by atoms with Crippen LogP contribution in [0, 0.1) is 5.92 Å². The molecule has 164 valence electrons. The van der Waals surface area contributed by atoms with Crippen molar-refractivity contribution in [3.63, 3.8) is 0 Å². The van der Waals surface area contributed by atoms with Gasteiger partial charge in [-0.2, -0.15) is 4.98 Å². The molecule has 1 aliphatic carbocycles. The van der Waals surface area contributed by atoms with Gasteiger partial charge in [0.1, 0.15) is 5.82 Å². The van der Waals surface area contributed by atoms with Crippen molar-refractivity contribution in [2.75, 3.05) is 41.3 Å². The van der Waals surface area contributed by atoms with Crippen molar-refractivity contribution >= 4 is 40.5 Å². The number of nitrogens with one attached hydrogen (secondary N) is 1. The van der Waals surface area contributed by atoms with E-state index in [0.29, 0.717) is 29.7 Å². The Balaban J connectivity index is 1.41. The maximum Gasteiger partial charge on any atom is 0.227 e. The van der Waals surface area contributed by atoms with E-state index in [4.69, 9.17) is 21.6 Å². The highest BCUT2D eigenvalue weighted by Gasteiger charge is 2.30. The maximum absolute atomic E-state index is 12.9. The van der Waals surface area contributed by atoms with Gasteiger partial charge < -0.3 is 15.1 Å². The van der Waals surface area contributed by atoms with Gasteiger partial charge in [-0.15, -0.1) is 0 Å². The van der Waals surface area contributed by atoms with Gasteiger partial charge >= 0.3 is 0 Å². The number of piperazine rings is 1. The van der Waals surface area contributed by atoms with Gasteiger partial charge in [0.15, 0.2) is 5.78 Å². The molecule has 1 saturated heterocycles. The molecule has 0 amide bonds. The Hall–Kier alpha value is -3.12. The van der Waals surface area contributed by atoms with Crippen LogP contribution < -0.4 is 15.1 Å². The molecule has 3 aromatic rings. The van der Waals surface area contributed by atoms with Crippen LogP contribution in [0.3, 0.4) is 0 Å².